The third-order valence-corrected chi connectivity index (χ3v) is 4.71. The van der Waals surface area contributed by atoms with Crippen LogP contribution in [-0.4, -0.2) is 22.0 Å². The Kier molecular flexibility index (Phi) is 5.11. The van der Waals surface area contributed by atoms with Crippen LogP contribution in [0.25, 0.3) is 0 Å². The number of nitrogens with one attached hydrogen (secondary N) is 1. The highest BCUT2D eigenvalue weighted by atomic mass is 32.1. The molecule has 0 spiro atoms. The number of aromatic nitrogens is 1. The molecule has 0 aromatic carbocycles. The van der Waals surface area contributed by atoms with E-state index in [4.69, 9.17) is 0 Å². The summed E-state index contributed by atoms with van der Waals surface area (Å²) in [4.78, 5) is 27.7. The monoisotopic (exact) mass is 296 g/mol. The average Bonchev–Trinajstić information content (AvgIpc) is 2.82. The summed E-state index contributed by atoms with van der Waals surface area (Å²) in [5.74, 6) is -1.02. The summed E-state index contributed by atoms with van der Waals surface area (Å²) < 4.78 is 0. The normalized spacial score (nSPS) is 18.2. The standard InChI is InChI=1S/C14H20N2O3S/c17-11(16-10-12-15-7-8-20-12)9-14(13(18)19)5-3-1-2-4-6-14/h7-8H,1-6,9-10H2,(H,16,17)(H,18,19). The van der Waals surface area contributed by atoms with E-state index in [1.807, 2.05) is 5.38 Å². The maximum atomic E-state index is 12.0. The van der Waals surface area contributed by atoms with Gasteiger partial charge in [0.1, 0.15) is 5.01 Å². The first kappa shape index (κ1) is 15.0. The van der Waals surface area contributed by atoms with Crippen LogP contribution in [0, 0.1) is 5.41 Å². The lowest BCUT2D eigenvalue weighted by Gasteiger charge is -2.27. The lowest BCUT2D eigenvalue weighted by molar-refractivity contribution is -0.152. The van der Waals surface area contributed by atoms with Gasteiger partial charge in [-0.3, -0.25) is 9.59 Å². The number of carboxylic acid groups (broad SMARTS) is 1. The van der Waals surface area contributed by atoms with Crippen molar-refractivity contribution < 1.29 is 14.7 Å². The van der Waals surface area contributed by atoms with Gasteiger partial charge in [0.05, 0.1) is 12.0 Å². The Bertz CT molecular complexity index is 451. The molecular weight excluding hydrogens is 276 g/mol. The van der Waals surface area contributed by atoms with E-state index in [1.54, 1.807) is 6.20 Å². The molecule has 6 heteroatoms. The summed E-state index contributed by atoms with van der Waals surface area (Å²) in [6.07, 6.45) is 6.90. The van der Waals surface area contributed by atoms with Crippen molar-refractivity contribution in [2.75, 3.05) is 0 Å². The van der Waals surface area contributed by atoms with Crippen LogP contribution in [0.2, 0.25) is 0 Å². The molecule has 0 unspecified atom stereocenters. The molecule has 2 N–H and O–H groups in total. The van der Waals surface area contributed by atoms with Gasteiger partial charge in [-0.2, -0.15) is 0 Å². The van der Waals surface area contributed by atoms with Gasteiger partial charge < -0.3 is 10.4 Å². The minimum absolute atomic E-state index is 0.0771. The zero-order valence-electron chi connectivity index (χ0n) is 11.4. The van der Waals surface area contributed by atoms with Crippen molar-refractivity contribution in [2.24, 2.45) is 5.41 Å². The van der Waals surface area contributed by atoms with Gasteiger partial charge in [-0.25, -0.2) is 4.98 Å². The van der Waals surface area contributed by atoms with Gasteiger partial charge in [0, 0.05) is 18.0 Å². The number of rotatable bonds is 5. The first-order valence-electron chi connectivity index (χ1n) is 7.01. The van der Waals surface area contributed by atoms with Crippen molar-refractivity contribution in [3.05, 3.63) is 16.6 Å². The zero-order chi connectivity index (χ0) is 14.4. The molecule has 110 valence electrons. The van der Waals surface area contributed by atoms with E-state index in [2.05, 4.69) is 10.3 Å². The Labute approximate surface area is 122 Å². The summed E-state index contributed by atoms with van der Waals surface area (Å²) >= 11 is 1.48. The third kappa shape index (κ3) is 3.79. The Morgan fingerprint density at radius 2 is 2.00 bits per heavy atom. The molecule has 0 aliphatic heterocycles. The number of carbonyl (C=O) groups is 2. The number of nitrogens with zero attached hydrogens (tertiary/aromatic N) is 1. The molecule has 1 aromatic rings. The van der Waals surface area contributed by atoms with Crippen LogP contribution < -0.4 is 5.32 Å². The van der Waals surface area contributed by atoms with Gasteiger partial charge >= 0.3 is 5.97 Å². The molecule has 1 amide bonds. The van der Waals surface area contributed by atoms with Crippen molar-refractivity contribution in [3.63, 3.8) is 0 Å². The van der Waals surface area contributed by atoms with Crippen LogP contribution in [0.1, 0.15) is 50.0 Å². The fraction of sp³-hybridized carbons (Fsp3) is 0.643. The quantitative estimate of drug-likeness (QED) is 0.818. The van der Waals surface area contributed by atoms with Crippen LogP contribution >= 0.6 is 11.3 Å². The molecule has 1 saturated carbocycles. The van der Waals surface area contributed by atoms with Gasteiger partial charge in [0.25, 0.3) is 0 Å². The second-order valence-corrected chi connectivity index (χ2v) is 6.36. The van der Waals surface area contributed by atoms with Gasteiger partial charge in [-0.15, -0.1) is 11.3 Å². The van der Waals surface area contributed by atoms with Gasteiger partial charge in [0.2, 0.25) is 5.91 Å². The Morgan fingerprint density at radius 3 is 2.55 bits per heavy atom. The zero-order valence-corrected chi connectivity index (χ0v) is 12.2. The number of aliphatic carboxylic acids is 1. The van der Waals surface area contributed by atoms with Crippen LogP contribution in [0.5, 0.6) is 0 Å². The van der Waals surface area contributed by atoms with E-state index in [0.717, 1.165) is 30.7 Å². The lowest BCUT2D eigenvalue weighted by Crippen LogP contribution is -2.37. The molecule has 0 atom stereocenters. The summed E-state index contributed by atoms with van der Waals surface area (Å²) in [7, 11) is 0. The molecule has 0 bridgehead atoms. The second-order valence-electron chi connectivity index (χ2n) is 5.38. The van der Waals surface area contributed by atoms with Crippen LogP contribution in [0.15, 0.2) is 11.6 Å². The first-order chi connectivity index (χ1) is 9.62. The largest absolute Gasteiger partial charge is 0.481 e. The van der Waals surface area contributed by atoms with E-state index in [0.29, 0.717) is 19.4 Å². The average molecular weight is 296 g/mol. The first-order valence-corrected chi connectivity index (χ1v) is 7.89. The third-order valence-electron chi connectivity index (χ3n) is 3.93. The highest BCUT2D eigenvalue weighted by molar-refractivity contribution is 7.09. The Hall–Kier alpha value is -1.43. The van der Waals surface area contributed by atoms with E-state index in [9.17, 15) is 14.7 Å². The maximum absolute atomic E-state index is 12.0. The fourth-order valence-corrected chi connectivity index (χ4v) is 3.31. The molecule has 1 aliphatic carbocycles. The van der Waals surface area contributed by atoms with Crippen molar-refractivity contribution in [1.82, 2.24) is 10.3 Å². The van der Waals surface area contributed by atoms with E-state index in [1.165, 1.54) is 11.3 Å². The maximum Gasteiger partial charge on any atom is 0.310 e. The minimum Gasteiger partial charge on any atom is -0.481 e. The summed E-state index contributed by atoms with van der Waals surface area (Å²) in [6, 6.07) is 0. The molecule has 20 heavy (non-hydrogen) atoms. The predicted octanol–water partition coefficient (Wildman–Crippen LogP) is 2.57. The number of carboxylic acids is 1. The summed E-state index contributed by atoms with van der Waals surface area (Å²) in [5, 5.41) is 15.0. The predicted molar refractivity (Wildman–Crippen MR) is 76.3 cm³/mol. The Morgan fingerprint density at radius 1 is 1.30 bits per heavy atom. The van der Waals surface area contributed by atoms with E-state index in [-0.39, 0.29) is 12.3 Å². The molecule has 1 aliphatic rings. The fourth-order valence-electron chi connectivity index (χ4n) is 2.76. The molecule has 5 nitrogen and oxygen atoms in total. The Balaban J connectivity index is 1.93. The molecule has 1 fully saturated rings. The molecule has 2 rings (SSSR count). The highest BCUT2D eigenvalue weighted by Crippen LogP contribution is 2.38. The number of carbonyl (C=O) groups excluding carboxylic acids is 1. The SMILES string of the molecule is O=C(CC1(C(=O)O)CCCCCC1)NCc1nccs1. The topological polar surface area (TPSA) is 79.3 Å². The molecular formula is C14H20N2O3S. The minimum atomic E-state index is -0.872. The molecule has 0 radical (unpaired) electrons. The van der Waals surface area contributed by atoms with Gasteiger partial charge in [-0.1, -0.05) is 25.7 Å². The molecule has 1 heterocycles. The van der Waals surface area contributed by atoms with Crippen LogP contribution in [0.4, 0.5) is 0 Å². The van der Waals surface area contributed by atoms with Crippen LogP contribution in [-0.2, 0) is 16.1 Å². The van der Waals surface area contributed by atoms with E-state index < -0.39 is 11.4 Å². The van der Waals surface area contributed by atoms with Crippen molar-refractivity contribution >= 4 is 23.2 Å². The van der Waals surface area contributed by atoms with E-state index >= 15 is 0 Å². The summed E-state index contributed by atoms with van der Waals surface area (Å²) in [5.41, 5.74) is -0.872. The number of hydrogen-bond acceptors (Lipinski definition) is 4. The van der Waals surface area contributed by atoms with Gasteiger partial charge in [0.15, 0.2) is 0 Å². The lowest BCUT2D eigenvalue weighted by atomic mass is 9.77. The molecule has 1 aromatic heterocycles. The highest BCUT2D eigenvalue weighted by Gasteiger charge is 2.40. The van der Waals surface area contributed by atoms with Crippen molar-refractivity contribution in [3.8, 4) is 0 Å². The smallest absolute Gasteiger partial charge is 0.310 e. The van der Waals surface area contributed by atoms with Crippen molar-refractivity contribution in [2.45, 2.75) is 51.5 Å². The van der Waals surface area contributed by atoms with Crippen LogP contribution in [0.3, 0.4) is 0 Å². The number of hydrogen-bond donors (Lipinski definition) is 2. The summed E-state index contributed by atoms with van der Waals surface area (Å²) in [6.45, 7) is 0.381. The number of amides is 1. The van der Waals surface area contributed by atoms with Crippen molar-refractivity contribution in [1.29, 1.82) is 0 Å². The second kappa shape index (κ2) is 6.83. The molecule has 0 saturated heterocycles. The number of thiazole rings is 1. The van der Waals surface area contributed by atoms with Gasteiger partial charge in [-0.05, 0) is 12.8 Å².